The number of hydrogen-bond acceptors (Lipinski definition) is 5. The van der Waals surface area contributed by atoms with Crippen molar-refractivity contribution in [3.05, 3.63) is 48.2 Å². The SMILES string of the molecule is CC1CN(c2nccc(Nc3ccccc3)c2C#N)CCN1. The first-order valence-corrected chi connectivity index (χ1v) is 7.47. The van der Waals surface area contributed by atoms with Gasteiger partial charge in [0, 0.05) is 37.6 Å². The third-order valence-electron chi connectivity index (χ3n) is 3.76. The fourth-order valence-electron chi connectivity index (χ4n) is 2.71. The van der Waals surface area contributed by atoms with Crippen LogP contribution >= 0.6 is 0 Å². The Morgan fingerprint density at radius 3 is 2.86 bits per heavy atom. The van der Waals surface area contributed by atoms with Gasteiger partial charge in [-0.05, 0) is 25.1 Å². The van der Waals surface area contributed by atoms with E-state index in [0.29, 0.717) is 11.6 Å². The summed E-state index contributed by atoms with van der Waals surface area (Å²) in [4.78, 5) is 6.62. The first kappa shape index (κ1) is 14.4. The molecule has 1 fully saturated rings. The number of piperazine rings is 1. The maximum Gasteiger partial charge on any atom is 0.148 e. The fourth-order valence-corrected chi connectivity index (χ4v) is 2.71. The fraction of sp³-hybridized carbons (Fsp3) is 0.294. The van der Waals surface area contributed by atoms with Crippen molar-refractivity contribution in [2.24, 2.45) is 0 Å². The maximum atomic E-state index is 9.60. The monoisotopic (exact) mass is 293 g/mol. The molecular formula is C17H19N5. The first-order valence-electron chi connectivity index (χ1n) is 7.47. The average Bonchev–Trinajstić information content (AvgIpc) is 2.55. The van der Waals surface area contributed by atoms with Gasteiger partial charge in [0.1, 0.15) is 17.5 Å². The van der Waals surface area contributed by atoms with E-state index < -0.39 is 0 Å². The summed E-state index contributed by atoms with van der Waals surface area (Å²) in [6.07, 6.45) is 1.76. The summed E-state index contributed by atoms with van der Waals surface area (Å²) in [5.41, 5.74) is 2.36. The number of rotatable bonds is 3. The molecule has 1 aliphatic rings. The Bertz CT molecular complexity index is 677. The van der Waals surface area contributed by atoms with Gasteiger partial charge in [-0.15, -0.1) is 0 Å². The van der Waals surface area contributed by atoms with Crippen LogP contribution in [0.5, 0.6) is 0 Å². The van der Waals surface area contributed by atoms with E-state index >= 15 is 0 Å². The molecule has 5 heteroatoms. The summed E-state index contributed by atoms with van der Waals surface area (Å²) in [6.45, 7) is 4.77. The summed E-state index contributed by atoms with van der Waals surface area (Å²) in [6, 6.07) is 14.4. The maximum absolute atomic E-state index is 9.60. The van der Waals surface area contributed by atoms with E-state index in [2.05, 4.69) is 33.5 Å². The zero-order valence-corrected chi connectivity index (χ0v) is 12.6. The lowest BCUT2D eigenvalue weighted by Crippen LogP contribution is -2.49. The third kappa shape index (κ3) is 3.02. The van der Waals surface area contributed by atoms with Crippen molar-refractivity contribution in [2.75, 3.05) is 29.9 Å². The van der Waals surface area contributed by atoms with Crippen molar-refractivity contribution in [2.45, 2.75) is 13.0 Å². The lowest BCUT2D eigenvalue weighted by molar-refractivity contribution is 0.482. The molecule has 2 aromatic rings. The predicted molar refractivity (Wildman–Crippen MR) is 88.4 cm³/mol. The summed E-state index contributed by atoms with van der Waals surface area (Å²) in [5, 5.41) is 16.3. The van der Waals surface area contributed by atoms with Crippen LogP contribution in [0, 0.1) is 11.3 Å². The Hall–Kier alpha value is -2.58. The van der Waals surface area contributed by atoms with Crippen LogP contribution in [0.25, 0.3) is 0 Å². The molecule has 0 spiro atoms. The van der Waals surface area contributed by atoms with E-state index in [1.54, 1.807) is 6.20 Å². The minimum atomic E-state index is 0.396. The van der Waals surface area contributed by atoms with Gasteiger partial charge in [0.05, 0.1) is 5.69 Å². The zero-order valence-electron chi connectivity index (χ0n) is 12.6. The van der Waals surface area contributed by atoms with Crippen LogP contribution in [-0.4, -0.2) is 30.7 Å². The van der Waals surface area contributed by atoms with Crippen molar-refractivity contribution in [1.29, 1.82) is 5.26 Å². The molecule has 0 aliphatic carbocycles. The second-order valence-electron chi connectivity index (χ2n) is 5.46. The summed E-state index contributed by atoms with van der Waals surface area (Å²) in [5.74, 6) is 0.761. The largest absolute Gasteiger partial charge is 0.354 e. The van der Waals surface area contributed by atoms with Crippen LogP contribution in [0.2, 0.25) is 0 Å². The highest BCUT2D eigenvalue weighted by Gasteiger charge is 2.21. The van der Waals surface area contributed by atoms with E-state index in [1.165, 1.54) is 0 Å². The number of pyridine rings is 1. The Kier molecular flexibility index (Phi) is 4.22. The van der Waals surface area contributed by atoms with E-state index in [0.717, 1.165) is 36.8 Å². The molecule has 22 heavy (non-hydrogen) atoms. The van der Waals surface area contributed by atoms with Gasteiger partial charge >= 0.3 is 0 Å². The number of hydrogen-bond donors (Lipinski definition) is 2. The molecule has 0 amide bonds. The molecule has 1 aromatic heterocycles. The second-order valence-corrected chi connectivity index (χ2v) is 5.46. The normalized spacial score (nSPS) is 17.8. The van der Waals surface area contributed by atoms with Crippen molar-refractivity contribution in [1.82, 2.24) is 10.3 Å². The van der Waals surface area contributed by atoms with Crippen molar-refractivity contribution >= 4 is 17.2 Å². The van der Waals surface area contributed by atoms with Gasteiger partial charge in [-0.2, -0.15) is 5.26 Å². The molecule has 0 saturated carbocycles. The molecule has 5 nitrogen and oxygen atoms in total. The van der Waals surface area contributed by atoms with Gasteiger partial charge in [0.15, 0.2) is 0 Å². The number of para-hydroxylation sites is 1. The first-order chi connectivity index (χ1) is 10.8. The molecule has 1 atom stereocenters. The third-order valence-corrected chi connectivity index (χ3v) is 3.76. The summed E-state index contributed by atoms with van der Waals surface area (Å²) < 4.78 is 0. The lowest BCUT2D eigenvalue weighted by atomic mass is 10.1. The lowest BCUT2D eigenvalue weighted by Gasteiger charge is -2.33. The topological polar surface area (TPSA) is 64.0 Å². The van der Waals surface area contributed by atoms with Crippen molar-refractivity contribution in [3.63, 3.8) is 0 Å². The standard InChI is InChI=1S/C17H19N5/c1-13-12-22(10-9-19-13)17-15(11-18)16(7-8-20-17)21-14-5-3-2-4-6-14/h2-8,13,19H,9-10,12H2,1H3,(H,20,21). The molecule has 0 radical (unpaired) electrons. The van der Waals surface area contributed by atoms with Crippen LogP contribution < -0.4 is 15.5 Å². The molecule has 1 saturated heterocycles. The average molecular weight is 293 g/mol. The van der Waals surface area contributed by atoms with Crippen LogP contribution in [0.1, 0.15) is 12.5 Å². The molecule has 112 valence electrons. The van der Waals surface area contributed by atoms with Crippen molar-refractivity contribution < 1.29 is 0 Å². The van der Waals surface area contributed by atoms with E-state index in [-0.39, 0.29) is 0 Å². The highest BCUT2D eigenvalue weighted by atomic mass is 15.2. The van der Waals surface area contributed by atoms with Crippen LogP contribution in [0.3, 0.4) is 0 Å². The van der Waals surface area contributed by atoms with Gasteiger partial charge < -0.3 is 15.5 Å². The quantitative estimate of drug-likeness (QED) is 0.910. The summed E-state index contributed by atoms with van der Waals surface area (Å²) in [7, 11) is 0. The molecule has 1 unspecified atom stereocenters. The zero-order chi connectivity index (χ0) is 15.4. The number of nitriles is 1. The minimum absolute atomic E-state index is 0.396. The van der Waals surface area contributed by atoms with Gasteiger partial charge in [-0.25, -0.2) is 4.98 Å². The van der Waals surface area contributed by atoms with E-state index in [4.69, 9.17) is 0 Å². The molecular weight excluding hydrogens is 274 g/mol. The Labute approximate surface area is 130 Å². The van der Waals surface area contributed by atoms with Crippen LogP contribution in [0.15, 0.2) is 42.6 Å². The minimum Gasteiger partial charge on any atom is -0.354 e. The van der Waals surface area contributed by atoms with Gasteiger partial charge in [0.25, 0.3) is 0 Å². The second kappa shape index (κ2) is 6.46. The number of anilines is 3. The van der Waals surface area contributed by atoms with Crippen LogP contribution in [0.4, 0.5) is 17.2 Å². The highest BCUT2D eigenvalue weighted by molar-refractivity contribution is 5.73. The van der Waals surface area contributed by atoms with E-state index in [9.17, 15) is 5.26 Å². The Morgan fingerprint density at radius 1 is 1.32 bits per heavy atom. The van der Waals surface area contributed by atoms with Gasteiger partial charge in [-0.3, -0.25) is 0 Å². The van der Waals surface area contributed by atoms with Gasteiger partial charge in [-0.1, -0.05) is 18.2 Å². The highest BCUT2D eigenvalue weighted by Crippen LogP contribution is 2.27. The predicted octanol–water partition coefficient (Wildman–Crippen LogP) is 2.49. The Balaban J connectivity index is 1.92. The Morgan fingerprint density at radius 2 is 2.14 bits per heavy atom. The number of nitrogens with one attached hydrogen (secondary N) is 2. The molecule has 0 bridgehead atoms. The number of nitrogens with zero attached hydrogens (tertiary/aromatic N) is 3. The number of benzene rings is 1. The van der Waals surface area contributed by atoms with E-state index in [1.807, 2.05) is 36.4 Å². The molecule has 2 heterocycles. The number of aromatic nitrogens is 1. The molecule has 3 rings (SSSR count). The molecule has 1 aliphatic heterocycles. The molecule has 2 N–H and O–H groups in total. The van der Waals surface area contributed by atoms with Crippen molar-refractivity contribution in [3.8, 4) is 6.07 Å². The smallest absolute Gasteiger partial charge is 0.148 e. The van der Waals surface area contributed by atoms with Crippen LogP contribution in [-0.2, 0) is 0 Å². The summed E-state index contributed by atoms with van der Waals surface area (Å²) >= 11 is 0. The molecule has 1 aromatic carbocycles. The van der Waals surface area contributed by atoms with Gasteiger partial charge in [0.2, 0.25) is 0 Å².